The molecule has 0 bridgehead atoms. The van der Waals surface area contributed by atoms with E-state index in [0.717, 1.165) is 44.9 Å². The summed E-state index contributed by atoms with van der Waals surface area (Å²) in [5, 5.41) is 87.5. The second-order valence-corrected chi connectivity index (χ2v) is 26.1. The van der Waals surface area contributed by atoms with Crippen LogP contribution in [0.15, 0.2) is 36.5 Å². The van der Waals surface area contributed by atoms with Crippen LogP contribution in [0.5, 0.6) is 0 Å². The van der Waals surface area contributed by atoms with Gasteiger partial charge in [0.1, 0.15) is 48.8 Å². The third kappa shape index (κ3) is 42.1. The molecule has 9 N–H and O–H groups in total. The summed E-state index contributed by atoms with van der Waals surface area (Å²) >= 11 is 0. The molecule has 2 aliphatic heterocycles. The van der Waals surface area contributed by atoms with Gasteiger partial charge in [-0.25, -0.2) is 0 Å². The topological polar surface area (TPSA) is 228 Å². The Kier molecular flexibility index (Phi) is 54.3. The van der Waals surface area contributed by atoms with Crippen molar-refractivity contribution in [1.82, 2.24) is 5.32 Å². The normalized spacial score (nSPS) is 23.4. The maximum absolute atomic E-state index is 13.3. The van der Waals surface area contributed by atoms with Gasteiger partial charge in [0, 0.05) is 6.42 Å². The fourth-order valence-electron chi connectivity index (χ4n) is 12.2. The minimum Gasteiger partial charge on any atom is -0.394 e. The molecule has 0 spiro atoms. The molecule has 87 heavy (non-hydrogen) atoms. The van der Waals surface area contributed by atoms with E-state index in [1.807, 2.05) is 6.08 Å². The number of allylic oxidation sites excluding steroid dienone is 5. The number of rotatable bonds is 61. The van der Waals surface area contributed by atoms with Crippen LogP contribution in [0.2, 0.25) is 0 Å². The predicted octanol–water partition coefficient (Wildman–Crippen LogP) is 15.3. The lowest BCUT2D eigenvalue weighted by molar-refractivity contribution is -0.359. The lowest BCUT2D eigenvalue weighted by Gasteiger charge is -2.46. The van der Waals surface area contributed by atoms with Crippen LogP contribution < -0.4 is 5.32 Å². The van der Waals surface area contributed by atoms with Gasteiger partial charge < -0.3 is 65.1 Å². The number of carbonyl (C=O) groups excluding carboxylic acids is 1. The number of aliphatic hydroxyl groups excluding tert-OH is 8. The lowest BCUT2D eigenvalue weighted by atomic mass is 9.97. The van der Waals surface area contributed by atoms with Gasteiger partial charge in [0.25, 0.3) is 0 Å². The van der Waals surface area contributed by atoms with Gasteiger partial charge in [-0.05, 0) is 44.9 Å². The minimum absolute atomic E-state index is 0.247. The monoisotopic (exact) mass is 1240 g/mol. The van der Waals surface area contributed by atoms with Gasteiger partial charge >= 0.3 is 0 Å². The molecule has 2 aliphatic rings. The van der Waals surface area contributed by atoms with Gasteiger partial charge in [0.05, 0.1) is 32.0 Å². The Morgan fingerprint density at radius 3 is 1.13 bits per heavy atom. The number of ether oxygens (including phenoxy) is 4. The van der Waals surface area contributed by atoms with E-state index in [-0.39, 0.29) is 18.9 Å². The molecule has 1 amide bonds. The molecular weight excluding hydrogens is 1100 g/mol. The van der Waals surface area contributed by atoms with Crippen molar-refractivity contribution in [3.8, 4) is 0 Å². The molecule has 0 aromatic heterocycles. The van der Waals surface area contributed by atoms with Crippen molar-refractivity contribution in [1.29, 1.82) is 0 Å². The van der Waals surface area contributed by atoms with Crippen LogP contribution in [-0.2, 0) is 23.7 Å². The predicted molar refractivity (Wildman–Crippen MR) is 355 cm³/mol. The van der Waals surface area contributed by atoms with E-state index in [2.05, 4.69) is 43.5 Å². The van der Waals surface area contributed by atoms with Crippen molar-refractivity contribution in [3.63, 3.8) is 0 Å². The summed E-state index contributed by atoms with van der Waals surface area (Å²) in [6, 6.07) is -0.937. The molecule has 2 heterocycles. The molecule has 12 atom stereocenters. The van der Waals surface area contributed by atoms with Crippen LogP contribution in [0.1, 0.15) is 328 Å². The summed E-state index contributed by atoms with van der Waals surface area (Å²) < 4.78 is 22.9. The molecule has 512 valence electrons. The molecule has 2 saturated heterocycles. The molecule has 2 rings (SSSR count). The number of hydrogen-bond donors (Lipinski definition) is 9. The summed E-state index contributed by atoms with van der Waals surface area (Å²) in [6.07, 6.45) is 57.9. The average Bonchev–Trinajstić information content (AvgIpc) is 2.33. The molecule has 0 aromatic carbocycles. The van der Waals surface area contributed by atoms with Crippen molar-refractivity contribution in [3.05, 3.63) is 36.5 Å². The van der Waals surface area contributed by atoms with E-state index in [1.165, 1.54) is 250 Å². The summed E-state index contributed by atoms with van der Waals surface area (Å²) in [7, 11) is 0. The van der Waals surface area contributed by atoms with Crippen molar-refractivity contribution in [2.45, 2.75) is 402 Å². The molecule has 0 radical (unpaired) electrons. The highest BCUT2D eigenvalue weighted by atomic mass is 16.7. The number of hydrogen-bond acceptors (Lipinski definition) is 13. The largest absolute Gasteiger partial charge is 0.394 e. The zero-order valence-corrected chi connectivity index (χ0v) is 55.8. The third-order valence-corrected chi connectivity index (χ3v) is 18.1. The van der Waals surface area contributed by atoms with E-state index in [4.69, 9.17) is 18.9 Å². The van der Waals surface area contributed by atoms with Crippen LogP contribution in [-0.4, -0.2) is 140 Å². The van der Waals surface area contributed by atoms with E-state index in [9.17, 15) is 45.6 Å². The fraction of sp³-hybridized carbons (Fsp3) is 0.904. The quantitative estimate of drug-likeness (QED) is 0.0204. The Bertz CT molecular complexity index is 1600. The molecule has 0 aliphatic carbocycles. The molecule has 14 nitrogen and oxygen atoms in total. The number of unbranched alkanes of at least 4 members (excludes halogenated alkanes) is 44. The Labute approximate surface area is 531 Å². The van der Waals surface area contributed by atoms with Crippen LogP contribution >= 0.6 is 0 Å². The summed E-state index contributed by atoms with van der Waals surface area (Å²) in [5.41, 5.74) is 0. The van der Waals surface area contributed by atoms with Crippen LogP contribution in [0, 0.1) is 0 Å². The van der Waals surface area contributed by atoms with Crippen molar-refractivity contribution >= 4 is 5.91 Å². The Balaban J connectivity index is 1.68. The first-order chi connectivity index (χ1) is 42.6. The number of nitrogens with one attached hydrogen (secondary N) is 1. The highest BCUT2D eigenvalue weighted by Crippen LogP contribution is 2.30. The van der Waals surface area contributed by atoms with Crippen LogP contribution in [0.4, 0.5) is 0 Å². The Morgan fingerprint density at radius 2 is 0.736 bits per heavy atom. The van der Waals surface area contributed by atoms with Gasteiger partial charge in [0.15, 0.2) is 12.6 Å². The van der Waals surface area contributed by atoms with Gasteiger partial charge in [-0.15, -0.1) is 0 Å². The number of carbonyl (C=O) groups is 1. The van der Waals surface area contributed by atoms with Crippen molar-refractivity contribution in [2.75, 3.05) is 19.8 Å². The standard InChI is InChI=1S/C73H137NO13/c1-3-5-7-9-11-13-15-17-19-21-23-25-27-28-29-30-31-32-33-35-36-38-40-42-44-46-48-50-52-54-56-62(77)61(60-84-72-70(83)68(81)71(64(59-76)86-72)87-73-69(82)67(80)66(79)63(58-75)85-73)74-65(78)57-55-53-51-49-47-45-43-41-39-37-34-26-24-22-20-18-16-14-12-10-8-6-4-2/h38,40,46,48,54,56,61-64,66-73,75-77,79-83H,3-37,39,41-45,47,49-53,55,57-60H2,1-2H3,(H,74,78)/b40-38+,48-46+,56-54+. The van der Waals surface area contributed by atoms with Crippen LogP contribution in [0.3, 0.4) is 0 Å². The highest BCUT2D eigenvalue weighted by Gasteiger charge is 2.51. The second-order valence-electron chi connectivity index (χ2n) is 26.1. The van der Waals surface area contributed by atoms with Gasteiger partial charge in [-0.3, -0.25) is 4.79 Å². The van der Waals surface area contributed by atoms with Crippen molar-refractivity contribution in [2.24, 2.45) is 0 Å². The third-order valence-electron chi connectivity index (χ3n) is 18.1. The van der Waals surface area contributed by atoms with E-state index < -0.39 is 86.8 Å². The molecule has 0 aromatic rings. The van der Waals surface area contributed by atoms with Gasteiger partial charge in [0.2, 0.25) is 5.91 Å². The zero-order chi connectivity index (χ0) is 63.1. The SMILES string of the molecule is CCCCCCCCCCCCCCCCCCCCCC/C=C/CC/C=C/CC/C=C/C(O)C(COC1OC(CO)C(OC2OC(CO)C(O)C(O)C2O)C(O)C1O)NC(=O)CCCCCCCCCCCCCCCCCCCCCCCCC. The van der Waals surface area contributed by atoms with Crippen molar-refractivity contribution < 1.29 is 64.6 Å². The first-order valence-corrected chi connectivity index (χ1v) is 36.7. The molecule has 2 fully saturated rings. The fourth-order valence-corrected chi connectivity index (χ4v) is 12.2. The minimum atomic E-state index is -1.79. The number of amides is 1. The molecule has 0 saturated carbocycles. The molecule has 12 unspecified atom stereocenters. The maximum atomic E-state index is 13.3. The van der Waals surface area contributed by atoms with Gasteiger partial charge in [-0.2, -0.15) is 0 Å². The van der Waals surface area contributed by atoms with E-state index in [1.54, 1.807) is 6.08 Å². The number of aliphatic hydroxyl groups is 8. The first kappa shape index (κ1) is 81.3. The van der Waals surface area contributed by atoms with E-state index in [0.29, 0.717) is 12.8 Å². The lowest BCUT2D eigenvalue weighted by Crippen LogP contribution is -2.65. The van der Waals surface area contributed by atoms with Gasteiger partial charge in [-0.1, -0.05) is 314 Å². The zero-order valence-electron chi connectivity index (χ0n) is 55.8. The Morgan fingerprint density at radius 1 is 0.402 bits per heavy atom. The first-order valence-electron chi connectivity index (χ1n) is 36.7. The van der Waals surface area contributed by atoms with Crippen LogP contribution in [0.25, 0.3) is 0 Å². The summed E-state index contributed by atoms with van der Waals surface area (Å²) in [5.74, 6) is -0.247. The molecular formula is C73H137NO13. The summed E-state index contributed by atoms with van der Waals surface area (Å²) in [4.78, 5) is 13.3. The smallest absolute Gasteiger partial charge is 0.220 e. The maximum Gasteiger partial charge on any atom is 0.220 e. The van der Waals surface area contributed by atoms with E-state index >= 15 is 0 Å². The highest BCUT2D eigenvalue weighted by molar-refractivity contribution is 5.76. The average molecular weight is 1240 g/mol. The second kappa shape index (κ2) is 58.1. The molecule has 14 heteroatoms. The summed E-state index contributed by atoms with van der Waals surface area (Å²) in [6.45, 7) is 2.83. The Hall–Kier alpha value is -1.79.